The minimum atomic E-state index is -1.17. The Hall–Kier alpha value is -2.17. The third-order valence-electron chi connectivity index (χ3n) is 3.44. The van der Waals surface area contributed by atoms with E-state index >= 15 is 0 Å². The molecule has 7 nitrogen and oxygen atoms in total. The van der Waals surface area contributed by atoms with Crippen LogP contribution in [0, 0.1) is 11.3 Å². The minimum Gasteiger partial charge on any atom is -0.465 e. The predicted octanol–water partition coefficient (Wildman–Crippen LogP) is 1.00. The van der Waals surface area contributed by atoms with Crippen molar-refractivity contribution >= 4 is 29.1 Å². The third-order valence-corrected chi connectivity index (χ3v) is 3.85. The number of halogens is 1. The summed E-state index contributed by atoms with van der Waals surface area (Å²) >= 11 is 6.16. The number of piperidine rings is 1. The van der Waals surface area contributed by atoms with E-state index in [1.165, 1.54) is 6.07 Å². The molecule has 0 saturated carbocycles. The van der Waals surface area contributed by atoms with Gasteiger partial charge < -0.3 is 26.2 Å². The number of amides is 1. The van der Waals surface area contributed by atoms with Crippen LogP contribution < -0.4 is 16.0 Å². The third kappa shape index (κ3) is 3.29. The Morgan fingerprint density at radius 1 is 1.57 bits per heavy atom. The summed E-state index contributed by atoms with van der Waals surface area (Å²) in [6.07, 6.45) is -1.60. The van der Waals surface area contributed by atoms with Crippen LogP contribution in [-0.4, -0.2) is 41.5 Å². The highest BCUT2D eigenvalue weighted by Crippen LogP contribution is 2.34. The van der Waals surface area contributed by atoms with Crippen LogP contribution in [-0.2, 0) is 0 Å². The number of hydrogen-bond donors (Lipinski definition) is 4. The van der Waals surface area contributed by atoms with E-state index in [4.69, 9.17) is 27.7 Å². The Morgan fingerprint density at radius 2 is 2.29 bits per heavy atom. The Morgan fingerprint density at radius 3 is 2.86 bits per heavy atom. The molecule has 1 fully saturated rings. The molecule has 2 unspecified atom stereocenters. The number of rotatable bonds is 2. The number of aliphatic hydroxyl groups is 1. The van der Waals surface area contributed by atoms with Crippen LogP contribution in [0.5, 0.6) is 0 Å². The summed E-state index contributed by atoms with van der Waals surface area (Å²) in [5, 5.41) is 30.3. The molecule has 1 heterocycles. The zero-order valence-corrected chi connectivity index (χ0v) is 11.8. The predicted molar refractivity (Wildman–Crippen MR) is 78.4 cm³/mol. The van der Waals surface area contributed by atoms with Gasteiger partial charge in [0.05, 0.1) is 40.2 Å². The zero-order valence-electron chi connectivity index (χ0n) is 11.1. The number of hydrogen-bond acceptors (Lipinski definition) is 5. The molecule has 1 aromatic carbocycles. The smallest absolute Gasteiger partial charge is 0.404 e. The molecule has 2 rings (SSSR count). The number of nitrogens with two attached hydrogens (primary N) is 1. The Labute approximate surface area is 126 Å². The summed E-state index contributed by atoms with van der Waals surface area (Å²) in [5.74, 6) is 0. The van der Waals surface area contributed by atoms with Gasteiger partial charge in [0.25, 0.3) is 0 Å². The summed E-state index contributed by atoms with van der Waals surface area (Å²) < 4.78 is 0. The number of nitriles is 1. The molecule has 0 aliphatic carbocycles. The number of benzene rings is 1. The number of nitrogens with one attached hydrogen (secondary N) is 1. The van der Waals surface area contributed by atoms with Crippen LogP contribution in [0.4, 0.5) is 16.2 Å². The van der Waals surface area contributed by atoms with Crippen molar-refractivity contribution < 1.29 is 15.0 Å². The first-order valence-electron chi connectivity index (χ1n) is 6.34. The molecule has 0 aromatic heterocycles. The number of β-amino-alcohol motifs (C(OH)–C–C–N with tert-alkyl or cyclic N) is 1. The average molecular weight is 311 g/mol. The van der Waals surface area contributed by atoms with Crippen LogP contribution in [0.2, 0.25) is 5.02 Å². The van der Waals surface area contributed by atoms with Crippen molar-refractivity contribution in [3.05, 3.63) is 22.7 Å². The van der Waals surface area contributed by atoms with E-state index in [0.717, 1.165) is 0 Å². The lowest BCUT2D eigenvalue weighted by Gasteiger charge is -2.37. The lowest BCUT2D eigenvalue weighted by Crippen LogP contribution is -2.54. The van der Waals surface area contributed by atoms with Gasteiger partial charge in [-0.1, -0.05) is 11.6 Å². The number of nitrogen functional groups attached to an aromatic ring is 1. The van der Waals surface area contributed by atoms with Gasteiger partial charge in [-0.25, -0.2) is 4.79 Å². The summed E-state index contributed by atoms with van der Waals surface area (Å²) in [6.45, 7) is 0.703. The molecular formula is C13H15ClN4O3. The fourth-order valence-corrected chi connectivity index (χ4v) is 2.63. The van der Waals surface area contributed by atoms with Crippen molar-refractivity contribution in [2.24, 2.45) is 0 Å². The lowest BCUT2D eigenvalue weighted by molar-refractivity contribution is 0.108. The normalized spacial score (nSPS) is 21.7. The highest BCUT2D eigenvalue weighted by molar-refractivity contribution is 6.35. The highest BCUT2D eigenvalue weighted by atomic mass is 35.5. The van der Waals surface area contributed by atoms with E-state index in [1.807, 2.05) is 6.07 Å². The number of carbonyl (C=O) groups is 1. The second kappa shape index (κ2) is 6.08. The number of nitrogens with zero attached hydrogens (tertiary/aromatic N) is 2. The van der Waals surface area contributed by atoms with E-state index in [0.29, 0.717) is 34.9 Å². The van der Waals surface area contributed by atoms with Gasteiger partial charge >= 0.3 is 6.09 Å². The first-order chi connectivity index (χ1) is 9.92. The summed E-state index contributed by atoms with van der Waals surface area (Å²) in [5.41, 5.74) is 7.02. The summed E-state index contributed by atoms with van der Waals surface area (Å²) in [7, 11) is 0. The molecule has 0 radical (unpaired) electrons. The number of anilines is 2. The second-order valence-electron chi connectivity index (χ2n) is 4.87. The van der Waals surface area contributed by atoms with E-state index in [2.05, 4.69) is 5.32 Å². The Bertz CT molecular complexity index is 602. The van der Waals surface area contributed by atoms with Crippen LogP contribution in [0.1, 0.15) is 12.0 Å². The molecule has 1 aliphatic heterocycles. The number of carboxylic acid groups (broad SMARTS) is 1. The van der Waals surface area contributed by atoms with E-state index in [-0.39, 0.29) is 6.54 Å². The molecule has 1 amide bonds. The molecule has 0 spiro atoms. The summed E-state index contributed by atoms with van der Waals surface area (Å²) in [4.78, 5) is 12.4. The summed E-state index contributed by atoms with van der Waals surface area (Å²) in [6, 6.07) is 4.58. The van der Waals surface area contributed by atoms with Crippen molar-refractivity contribution in [2.45, 2.75) is 18.6 Å². The van der Waals surface area contributed by atoms with Gasteiger partial charge in [0.15, 0.2) is 0 Å². The standard InChI is InChI=1S/C13H15ClN4O3/c14-12-8(16)3-7(5-15)4-10(12)18-2-1-9(11(19)6-18)17-13(20)21/h3-4,9,11,17,19H,1-2,6,16H2,(H,20,21). The molecule has 21 heavy (non-hydrogen) atoms. The molecule has 1 saturated heterocycles. The first-order valence-corrected chi connectivity index (χ1v) is 6.71. The SMILES string of the molecule is N#Cc1cc(N)c(Cl)c(N2CCC(NC(=O)O)C(O)C2)c1. The molecule has 112 valence electrons. The molecule has 8 heteroatoms. The molecule has 0 bridgehead atoms. The Balaban J connectivity index is 2.20. The van der Waals surface area contributed by atoms with Crippen molar-refractivity contribution in [3.63, 3.8) is 0 Å². The Kier molecular flexibility index (Phi) is 4.40. The van der Waals surface area contributed by atoms with Crippen LogP contribution in [0.3, 0.4) is 0 Å². The molecule has 1 aromatic rings. The molecule has 1 aliphatic rings. The minimum absolute atomic E-state index is 0.207. The van der Waals surface area contributed by atoms with Gasteiger partial charge in [0.2, 0.25) is 0 Å². The van der Waals surface area contributed by atoms with Crippen molar-refractivity contribution in [1.82, 2.24) is 5.32 Å². The maximum atomic E-state index is 10.6. The fraction of sp³-hybridized carbons (Fsp3) is 0.385. The zero-order chi connectivity index (χ0) is 15.6. The van der Waals surface area contributed by atoms with Crippen molar-refractivity contribution in [1.29, 1.82) is 5.26 Å². The average Bonchev–Trinajstić information content (AvgIpc) is 2.43. The molecule has 2 atom stereocenters. The largest absolute Gasteiger partial charge is 0.465 e. The first kappa shape index (κ1) is 15.2. The second-order valence-corrected chi connectivity index (χ2v) is 5.25. The topological polar surface area (TPSA) is 123 Å². The number of aliphatic hydroxyl groups excluding tert-OH is 1. The van der Waals surface area contributed by atoms with Gasteiger partial charge in [0, 0.05) is 13.1 Å². The van der Waals surface area contributed by atoms with E-state index < -0.39 is 18.2 Å². The van der Waals surface area contributed by atoms with Gasteiger partial charge in [0.1, 0.15) is 0 Å². The maximum Gasteiger partial charge on any atom is 0.404 e. The van der Waals surface area contributed by atoms with Crippen LogP contribution in [0.25, 0.3) is 0 Å². The van der Waals surface area contributed by atoms with E-state index in [9.17, 15) is 9.90 Å². The van der Waals surface area contributed by atoms with Gasteiger partial charge in [-0.05, 0) is 18.6 Å². The maximum absolute atomic E-state index is 10.6. The monoisotopic (exact) mass is 310 g/mol. The van der Waals surface area contributed by atoms with Crippen molar-refractivity contribution in [3.8, 4) is 6.07 Å². The van der Waals surface area contributed by atoms with Gasteiger partial charge in [-0.15, -0.1) is 0 Å². The molecular weight excluding hydrogens is 296 g/mol. The van der Waals surface area contributed by atoms with Gasteiger partial charge in [-0.3, -0.25) is 0 Å². The van der Waals surface area contributed by atoms with Crippen LogP contribution >= 0.6 is 11.6 Å². The molecule has 5 N–H and O–H groups in total. The lowest BCUT2D eigenvalue weighted by atomic mass is 10.0. The highest BCUT2D eigenvalue weighted by Gasteiger charge is 2.30. The quantitative estimate of drug-likeness (QED) is 0.604. The van der Waals surface area contributed by atoms with Crippen molar-refractivity contribution in [2.75, 3.05) is 23.7 Å². The fourth-order valence-electron chi connectivity index (χ4n) is 2.40. The van der Waals surface area contributed by atoms with Crippen LogP contribution in [0.15, 0.2) is 12.1 Å². The van der Waals surface area contributed by atoms with E-state index in [1.54, 1.807) is 11.0 Å². The van der Waals surface area contributed by atoms with Gasteiger partial charge in [-0.2, -0.15) is 5.26 Å².